The smallest absolute Gasteiger partial charge is 0.253 e. The number of carbonyl (C=O) groups is 2. The largest absolute Gasteiger partial charge is 0.351 e. The van der Waals surface area contributed by atoms with Crippen molar-refractivity contribution in [3.63, 3.8) is 0 Å². The number of aryl methyl sites for hydroxylation is 1. The highest BCUT2D eigenvalue weighted by atomic mass is 35.5. The van der Waals surface area contributed by atoms with Crippen molar-refractivity contribution < 1.29 is 9.59 Å². The van der Waals surface area contributed by atoms with Gasteiger partial charge in [0.15, 0.2) is 0 Å². The number of anilines is 1. The molecular weight excluding hydrogens is 431 g/mol. The Morgan fingerprint density at radius 2 is 1.76 bits per heavy atom. The molecule has 0 spiro atoms. The van der Waals surface area contributed by atoms with Gasteiger partial charge in [-0.3, -0.25) is 9.59 Å². The summed E-state index contributed by atoms with van der Waals surface area (Å²) in [4.78, 5) is 29.0. The summed E-state index contributed by atoms with van der Waals surface area (Å²) in [6.07, 6.45) is 1.83. The highest BCUT2D eigenvalue weighted by Crippen LogP contribution is 2.23. The molecule has 4 N–H and O–H groups in total. The number of nitrogens with zero attached hydrogens (tertiary/aromatic N) is 1. The molecule has 29 heavy (non-hydrogen) atoms. The molecule has 0 radical (unpaired) electrons. The van der Waals surface area contributed by atoms with E-state index in [0.29, 0.717) is 37.2 Å². The van der Waals surface area contributed by atoms with E-state index in [1.807, 2.05) is 18.2 Å². The van der Waals surface area contributed by atoms with Gasteiger partial charge in [-0.25, -0.2) is 4.98 Å². The number of para-hydroxylation sites is 2. The van der Waals surface area contributed by atoms with Crippen LogP contribution in [0.3, 0.4) is 0 Å². The van der Waals surface area contributed by atoms with Crippen LogP contribution in [0.5, 0.6) is 0 Å². The van der Waals surface area contributed by atoms with Gasteiger partial charge in [0.2, 0.25) is 5.91 Å². The van der Waals surface area contributed by atoms with Crippen molar-refractivity contribution in [2.75, 3.05) is 18.4 Å². The second-order valence-electron chi connectivity index (χ2n) is 6.07. The summed E-state index contributed by atoms with van der Waals surface area (Å²) >= 11 is 1.66. The number of amides is 2. The Morgan fingerprint density at radius 3 is 2.52 bits per heavy atom. The van der Waals surface area contributed by atoms with E-state index < -0.39 is 0 Å². The zero-order chi connectivity index (χ0) is 19.1. The van der Waals surface area contributed by atoms with Gasteiger partial charge in [0.1, 0.15) is 0 Å². The average molecular weight is 455 g/mol. The zero-order valence-electron chi connectivity index (χ0n) is 15.7. The van der Waals surface area contributed by atoms with Gasteiger partial charge in [-0.05, 0) is 37.1 Å². The summed E-state index contributed by atoms with van der Waals surface area (Å²) in [6, 6.07) is 15.0. The quantitative estimate of drug-likeness (QED) is 0.482. The van der Waals surface area contributed by atoms with Crippen molar-refractivity contribution >= 4 is 63.9 Å². The normalized spacial score (nSPS) is 9.97. The minimum Gasteiger partial charge on any atom is -0.351 e. The van der Waals surface area contributed by atoms with Crippen molar-refractivity contribution in [1.82, 2.24) is 10.3 Å². The molecule has 0 saturated carbocycles. The van der Waals surface area contributed by atoms with Crippen LogP contribution in [0, 0.1) is 0 Å². The summed E-state index contributed by atoms with van der Waals surface area (Å²) in [7, 11) is 0. The number of rotatable bonds is 8. The van der Waals surface area contributed by atoms with E-state index in [0.717, 1.165) is 21.6 Å². The predicted molar refractivity (Wildman–Crippen MR) is 124 cm³/mol. The van der Waals surface area contributed by atoms with E-state index in [1.165, 1.54) is 0 Å². The van der Waals surface area contributed by atoms with Gasteiger partial charge in [-0.1, -0.05) is 24.3 Å². The van der Waals surface area contributed by atoms with E-state index in [1.54, 1.807) is 35.6 Å². The molecule has 0 aliphatic carbocycles. The van der Waals surface area contributed by atoms with Crippen molar-refractivity contribution in [1.29, 1.82) is 0 Å². The van der Waals surface area contributed by atoms with Crippen LogP contribution in [0.1, 0.15) is 28.2 Å². The predicted octanol–water partition coefficient (Wildman–Crippen LogP) is 3.79. The summed E-state index contributed by atoms with van der Waals surface area (Å²) in [6.45, 7) is 0.759. The molecule has 2 amide bonds. The third kappa shape index (κ3) is 6.97. The first-order chi connectivity index (χ1) is 13.2. The fraction of sp³-hybridized carbons (Fsp3) is 0.250. The number of fused-ring (bicyclic) bond motifs is 1. The molecule has 0 aliphatic rings. The summed E-state index contributed by atoms with van der Waals surface area (Å²) < 4.78 is 1.16. The van der Waals surface area contributed by atoms with Crippen LogP contribution < -0.4 is 16.4 Å². The van der Waals surface area contributed by atoms with E-state index in [9.17, 15) is 9.59 Å². The standard InChI is InChI=1S/C20H22N4O2S.2ClH/c21-12-13-22-20(26)14-6-1-2-7-15(14)23-18(25)10-5-11-19-24-16-8-3-4-9-17(16)27-19;;/h1-4,6-9H,5,10-13,21H2,(H,22,26)(H,23,25);2*1H. The Morgan fingerprint density at radius 1 is 1.03 bits per heavy atom. The first-order valence-electron chi connectivity index (χ1n) is 8.89. The Hall–Kier alpha value is -2.19. The lowest BCUT2D eigenvalue weighted by atomic mass is 10.1. The van der Waals surface area contributed by atoms with Crippen LogP contribution >= 0.6 is 36.2 Å². The van der Waals surface area contributed by atoms with Gasteiger partial charge in [-0.15, -0.1) is 36.2 Å². The molecule has 0 bridgehead atoms. The van der Waals surface area contributed by atoms with Crippen LogP contribution in [-0.4, -0.2) is 29.9 Å². The topological polar surface area (TPSA) is 97.1 Å². The maximum Gasteiger partial charge on any atom is 0.253 e. The first-order valence-corrected chi connectivity index (χ1v) is 9.70. The third-order valence-corrected chi connectivity index (χ3v) is 5.10. The Balaban J connectivity index is 0.00000210. The molecule has 0 unspecified atom stereocenters. The Bertz CT molecular complexity index is 916. The molecule has 2 aromatic carbocycles. The number of nitrogens with two attached hydrogens (primary N) is 1. The molecule has 9 heteroatoms. The first kappa shape index (κ1) is 24.8. The minimum absolute atomic E-state index is 0. The maximum absolute atomic E-state index is 12.3. The highest BCUT2D eigenvalue weighted by molar-refractivity contribution is 7.18. The minimum atomic E-state index is -0.245. The lowest BCUT2D eigenvalue weighted by Crippen LogP contribution is -2.29. The monoisotopic (exact) mass is 454 g/mol. The van der Waals surface area contributed by atoms with Crippen LogP contribution in [0.25, 0.3) is 10.2 Å². The Labute approximate surface area is 186 Å². The molecule has 0 fully saturated rings. The van der Waals surface area contributed by atoms with Gasteiger partial charge >= 0.3 is 0 Å². The van der Waals surface area contributed by atoms with E-state index >= 15 is 0 Å². The Kier molecular flexibility index (Phi) is 10.6. The zero-order valence-corrected chi connectivity index (χ0v) is 18.2. The molecule has 156 valence electrons. The fourth-order valence-corrected chi connectivity index (χ4v) is 3.72. The SMILES string of the molecule is Cl.Cl.NCCNC(=O)c1ccccc1NC(=O)CCCc1nc2ccccc2s1. The molecule has 6 nitrogen and oxygen atoms in total. The fourth-order valence-electron chi connectivity index (χ4n) is 2.71. The number of halogens is 2. The van der Waals surface area contributed by atoms with Crippen molar-refractivity contribution in [3.8, 4) is 0 Å². The van der Waals surface area contributed by atoms with Gasteiger partial charge in [0, 0.05) is 19.5 Å². The van der Waals surface area contributed by atoms with Crippen molar-refractivity contribution in [2.45, 2.75) is 19.3 Å². The lowest BCUT2D eigenvalue weighted by Gasteiger charge is -2.11. The second-order valence-corrected chi connectivity index (χ2v) is 7.18. The van der Waals surface area contributed by atoms with Gasteiger partial charge in [-0.2, -0.15) is 0 Å². The van der Waals surface area contributed by atoms with Gasteiger partial charge in [0.25, 0.3) is 5.91 Å². The van der Waals surface area contributed by atoms with Gasteiger partial charge < -0.3 is 16.4 Å². The molecular formula is C20H24Cl2N4O2S. The summed E-state index contributed by atoms with van der Waals surface area (Å²) in [5.74, 6) is -0.360. The van der Waals surface area contributed by atoms with E-state index in [2.05, 4.69) is 21.7 Å². The number of hydrogen-bond donors (Lipinski definition) is 3. The van der Waals surface area contributed by atoms with Gasteiger partial charge in [0.05, 0.1) is 26.5 Å². The number of aromatic nitrogens is 1. The third-order valence-electron chi connectivity index (χ3n) is 4.01. The summed E-state index contributed by atoms with van der Waals surface area (Å²) in [5.41, 5.74) is 7.36. The molecule has 0 aliphatic heterocycles. The van der Waals surface area contributed by atoms with E-state index in [-0.39, 0.29) is 36.6 Å². The number of carbonyl (C=O) groups excluding carboxylic acids is 2. The molecule has 0 saturated heterocycles. The highest BCUT2D eigenvalue weighted by Gasteiger charge is 2.13. The van der Waals surface area contributed by atoms with Crippen LogP contribution in [0.4, 0.5) is 5.69 Å². The summed E-state index contributed by atoms with van der Waals surface area (Å²) in [5, 5.41) is 6.58. The lowest BCUT2D eigenvalue weighted by molar-refractivity contribution is -0.116. The number of benzene rings is 2. The van der Waals surface area contributed by atoms with Crippen molar-refractivity contribution in [2.24, 2.45) is 5.73 Å². The average Bonchev–Trinajstić information content (AvgIpc) is 3.09. The second kappa shape index (κ2) is 12.4. The molecule has 3 aromatic rings. The van der Waals surface area contributed by atoms with Crippen LogP contribution in [0.2, 0.25) is 0 Å². The van der Waals surface area contributed by atoms with Crippen LogP contribution in [0.15, 0.2) is 48.5 Å². The maximum atomic E-state index is 12.3. The molecule has 0 atom stereocenters. The number of nitrogens with one attached hydrogen (secondary N) is 2. The number of thiazole rings is 1. The van der Waals surface area contributed by atoms with E-state index in [4.69, 9.17) is 5.73 Å². The van der Waals surface area contributed by atoms with Crippen molar-refractivity contribution in [3.05, 3.63) is 59.1 Å². The molecule has 3 rings (SSSR count). The molecule has 1 aromatic heterocycles. The number of hydrogen-bond acceptors (Lipinski definition) is 5. The van der Waals surface area contributed by atoms with Crippen LogP contribution in [-0.2, 0) is 11.2 Å². The molecule has 1 heterocycles.